The lowest BCUT2D eigenvalue weighted by atomic mass is 10.1. The maximum absolute atomic E-state index is 12.2. The second-order valence-electron chi connectivity index (χ2n) is 4.20. The van der Waals surface area contributed by atoms with Gasteiger partial charge in [-0.2, -0.15) is 0 Å². The van der Waals surface area contributed by atoms with Gasteiger partial charge < -0.3 is 0 Å². The lowest BCUT2D eigenvalue weighted by Gasteiger charge is -2.11. The number of hydrogen-bond acceptors (Lipinski definition) is 3. The molecule has 5 heteroatoms. The van der Waals surface area contributed by atoms with Gasteiger partial charge in [-0.15, -0.1) is 0 Å². The van der Waals surface area contributed by atoms with Crippen molar-refractivity contribution in [1.82, 2.24) is 9.55 Å². The van der Waals surface area contributed by atoms with Gasteiger partial charge in [-0.05, 0) is 5.56 Å². The van der Waals surface area contributed by atoms with E-state index in [1.54, 1.807) is 6.07 Å². The van der Waals surface area contributed by atoms with Gasteiger partial charge in [-0.25, -0.2) is 9.78 Å². The molecule has 0 N–H and O–H groups in total. The third kappa shape index (κ3) is 1.66. The normalized spacial score (nSPS) is 17.8. The van der Waals surface area contributed by atoms with Gasteiger partial charge in [0.25, 0.3) is 0 Å². The fourth-order valence-corrected chi connectivity index (χ4v) is 2.43. The van der Waals surface area contributed by atoms with Crippen LogP contribution in [0, 0.1) is 0 Å². The fraction of sp³-hybridized carbons (Fsp3) is 0.154. The van der Waals surface area contributed by atoms with Gasteiger partial charge in [0.1, 0.15) is 6.04 Å². The molecule has 1 unspecified atom stereocenters. The maximum Gasteiger partial charge on any atom is 0.348 e. The van der Waals surface area contributed by atoms with Crippen LogP contribution in [0.4, 0.5) is 0 Å². The molecule has 0 fully saturated rings. The van der Waals surface area contributed by atoms with Gasteiger partial charge in [0.15, 0.2) is 5.78 Å². The van der Waals surface area contributed by atoms with E-state index < -0.39 is 11.7 Å². The molecule has 0 radical (unpaired) electrons. The minimum absolute atomic E-state index is 0.0585. The molecule has 4 nitrogen and oxygen atoms in total. The number of carbonyl (C=O) groups excluding carboxylic acids is 1. The van der Waals surface area contributed by atoms with E-state index in [0.717, 1.165) is 5.56 Å². The number of carbonyl (C=O) groups is 1. The first kappa shape index (κ1) is 11.2. The van der Waals surface area contributed by atoms with Crippen molar-refractivity contribution in [3.63, 3.8) is 0 Å². The minimum atomic E-state index is -0.527. The molecule has 1 aromatic carbocycles. The SMILES string of the molecule is O=C1c2ccccc2CC1n1cc(Cl)cnc1=O. The van der Waals surface area contributed by atoms with Crippen LogP contribution in [-0.4, -0.2) is 15.3 Å². The molecule has 1 aliphatic carbocycles. The van der Waals surface area contributed by atoms with Crippen molar-refractivity contribution in [3.05, 3.63) is 63.3 Å². The number of ketones is 1. The Balaban J connectivity index is 2.09. The van der Waals surface area contributed by atoms with Gasteiger partial charge in [-0.1, -0.05) is 35.9 Å². The van der Waals surface area contributed by atoms with E-state index in [1.807, 2.05) is 18.2 Å². The summed E-state index contributed by atoms with van der Waals surface area (Å²) in [5.41, 5.74) is 1.18. The summed E-state index contributed by atoms with van der Waals surface area (Å²) < 4.78 is 1.31. The Kier molecular flexibility index (Phi) is 2.52. The Morgan fingerprint density at radius 2 is 2.06 bits per heavy atom. The molecule has 0 spiro atoms. The molecule has 1 heterocycles. The van der Waals surface area contributed by atoms with Crippen LogP contribution in [0.3, 0.4) is 0 Å². The lowest BCUT2D eigenvalue weighted by Crippen LogP contribution is -2.29. The molecule has 18 heavy (non-hydrogen) atoms. The number of aromatic nitrogens is 2. The largest absolute Gasteiger partial charge is 0.348 e. The molecule has 0 bridgehead atoms. The molecule has 1 atom stereocenters. The molecule has 0 saturated carbocycles. The second kappa shape index (κ2) is 4.07. The lowest BCUT2D eigenvalue weighted by molar-refractivity contribution is 0.0939. The molecule has 0 aliphatic heterocycles. The molecule has 2 aromatic rings. The first-order valence-electron chi connectivity index (χ1n) is 5.52. The van der Waals surface area contributed by atoms with E-state index in [1.165, 1.54) is 17.0 Å². The first-order chi connectivity index (χ1) is 8.66. The van der Waals surface area contributed by atoms with Crippen molar-refractivity contribution in [2.45, 2.75) is 12.5 Å². The van der Waals surface area contributed by atoms with E-state index in [9.17, 15) is 9.59 Å². The predicted octanol–water partition coefficient (Wildman–Crippen LogP) is 1.88. The number of fused-ring (bicyclic) bond motifs is 1. The van der Waals surface area contributed by atoms with Gasteiger partial charge in [0, 0.05) is 18.2 Å². The van der Waals surface area contributed by atoms with E-state index in [4.69, 9.17) is 11.6 Å². The van der Waals surface area contributed by atoms with Crippen molar-refractivity contribution in [1.29, 1.82) is 0 Å². The Morgan fingerprint density at radius 1 is 1.28 bits per heavy atom. The van der Waals surface area contributed by atoms with Crippen LogP contribution in [-0.2, 0) is 6.42 Å². The molecule has 3 rings (SSSR count). The van der Waals surface area contributed by atoms with E-state index in [0.29, 0.717) is 17.0 Å². The average molecular weight is 261 g/mol. The highest BCUT2D eigenvalue weighted by Gasteiger charge is 2.32. The molecular formula is C13H9ClN2O2. The van der Waals surface area contributed by atoms with Crippen molar-refractivity contribution in [2.75, 3.05) is 0 Å². The number of nitrogens with zero attached hydrogens (tertiary/aromatic N) is 2. The number of halogens is 1. The summed E-state index contributed by atoms with van der Waals surface area (Å²) in [6, 6.07) is 6.85. The summed E-state index contributed by atoms with van der Waals surface area (Å²) in [5, 5.41) is 0.346. The van der Waals surface area contributed by atoms with Gasteiger partial charge >= 0.3 is 5.69 Å². The highest BCUT2D eigenvalue weighted by Crippen LogP contribution is 2.29. The summed E-state index contributed by atoms with van der Waals surface area (Å²) in [6.07, 6.45) is 3.26. The third-order valence-electron chi connectivity index (χ3n) is 3.12. The van der Waals surface area contributed by atoms with Crippen LogP contribution in [0.2, 0.25) is 5.02 Å². The monoisotopic (exact) mass is 260 g/mol. The van der Waals surface area contributed by atoms with Gasteiger partial charge in [0.05, 0.1) is 11.2 Å². The van der Waals surface area contributed by atoms with E-state index in [-0.39, 0.29) is 5.78 Å². The summed E-state index contributed by atoms with van der Waals surface area (Å²) in [6.45, 7) is 0. The molecule has 1 aromatic heterocycles. The molecular weight excluding hydrogens is 252 g/mol. The summed E-state index contributed by atoms with van der Waals surface area (Å²) >= 11 is 5.82. The first-order valence-corrected chi connectivity index (χ1v) is 5.90. The highest BCUT2D eigenvalue weighted by molar-refractivity contribution is 6.30. The summed E-state index contributed by atoms with van der Waals surface area (Å²) in [4.78, 5) is 27.6. The molecule has 1 aliphatic rings. The predicted molar refractivity (Wildman–Crippen MR) is 67.0 cm³/mol. The van der Waals surface area contributed by atoms with Crippen molar-refractivity contribution in [3.8, 4) is 0 Å². The Bertz CT molecular complexity index is 693. The number of Topliss-reactive ketones (excluding diaryl/α,β-unsaturated/α-hetero) is 1. The Labute approximate surface area is 108 Å². The zero-order valence-corrected chi connectivity index (χ0v) is 10.1. The van der Waals surface area contributed by atoms with Gasteiger partial charge in [0.2, 0.25) is 0 Å². The number of rotatable bonds is 1. The third-order valence-corrected chi connectivity index (χ3v) is 3.31. The number of hydrogen-bond donors (Lipinski definition) is 0. The topological polar surface area (TPSA) is 52.0 Å². The minimum Gasteiger partial charge on any atom is -0.292 e. The second-order valence-corrected chi connectivity index (χ2v) is 4.64. The number of benzene rings is 1. The molecule has 90 valence electrons. The van der Waals surface area contributed by atoms with Crippen LogP contribution in [0.1, 0.15) is 22.0 Å². The quantitative estimate of drug-likeness (QED) is 0.787. The summed E-state index contributed by atoms with van der Waals surface area (Å²) in [7, 11) is 0. The highest BCUT2D eigenvalue weighted by atomic mass is 35.5. The zero-order chi connectivity index (χ0) is 12.7. The van der Waals surface area contributed by atoms with Crippen molar-refractivity contribution in [2.24, 2.45) is 0 Å². The average Bonchev–Trinajstić information content (AvgIpc) is 2.71. The van der Waals surface area contributed by atoms with Crippen LogP contribution in [0.5, 0.6) is 0 Å². The summed E-state index contributed by atoms with van der Waals surface area (Å²) in [5.74, 6) is -0.0585. The Hall–Kier alpha value is -1.94. The van der Waals surface area contributed by atoms with Crippen LogP contribution in [0.25, 0.3) is 0 Å². The van der Waals surface area contributed by atoms with Crippen molar-refractivity contribution < 1.29 is 4.79 Å². The van der Waals surface area contributed by atoms with Crippen molar-refractivity contribution >= 4 is 17.4 Å². The van der Waals surface area contributed by atoms with Gasteiger partial charge in [-0.3, -0.25) is 9.36 Å². The zero-order valence-electron chi connectivity index (χ0n) is 9.34. The maximum atomic E-state index is 12.2. The van der Waals surface area contributed by atoms with E-state index in [2.05, 4.69) is 4.98 Å². The Morgan fingerprint density at radius 3 is 2.83 bits per heavy atom. The van der Waals surface area contributed by atoms with Crippen LogP contribution < -0.4 is 5.69 Å². The van der Waals surface area contributed by atoms with E-state index >= 15 is 0 Å². The fourth-order valence-electron chi connectivity index (χ4n) is 2.27. The smallest absolute Gasteiger partial charge is 0.292 e. The van der Waals surface area contributed by atoms with Crippen LogP contribution in [0.15, 0.2) is 41.5 Å². The standard InChI is InChI=1S/C13H9ClN2O2/c14-9-6-15-13(18)16(7-9)11-5-8-3-1-2-4-10(8)12(11)17/h1-4,6-7,11H,5H2. The molecule has 0 amide bonds. The van der Waals surface area contributed by atoms with Crippen LogP contribution >= 0.6 is 11.6 Å². The molecule has 0 saturated heterocycles.